The second-order valence-electron chi connectivity index (χ2n) is 18.2. The van der Waals surface area contributed by atoms with Crippen molar-refractivity contribution in [2.75, 3.05) is 47.4 Å². The molecule has 4 aromatic rings. The number of phenols is 1. The number of methoxy groups -OCH3 is 1. The zero-order valence-electron chi connectivity index (χ0n) is 37.2. The van der Waals surface area contributed by atoms with Crippen molar-refractivity contribution in [3.8, 4) is 28.1 Å². The second-order valence-corrected chi connectivity index (χ2v) is 18.2. The van der Waals surface area contributed by atoms with E-state index in [9.17, 15) is 24.3 Å². The van der Waals surface area contributed by atoms with E-state index in [0.717, 1.165) is 44.4 Å². The van der Waals surface area contributed by atoms with Crippen molar-refractivity contribution in [3.63, 3.8) is 0 Å². The molecule has 0 aliphatic carbocycles. The van der Waals surface area contributed by atoms with E-state index >= 15 is 0 Å². The lowest BCUT2D eigenvalue weighted by Crippen LogP contribution is -2.62. The number of aromatic hydroxyl groups is 1. The highest BCUT2D eigenvalue weighted by Crippen LogP contribution is 2.41. The summed E-state index contributed by atoms with van der Waals surface area (Å²) in [5.41, 5.74) is 9.81. The number of hydrogen-bond acceptors (Lipinski definition) is 11. The summed E-state index contributed by atoms with van der Waals surface area (Å²) >= 11 is 0. The van der Waals surface area contributed by atoms with Crippen molar-refractivity contribution in [3.05, 3.63) is 71.5 Å². The van der Waals surface area contributed by atoms with Gasteiger partial charge in [0.25, 0.3) is 5.91 Å². The lowest BCUT2D eigenvalue weighted by Gasteiger charge is -2.38. The van der Waals surface area contributed by atoms with Crippen LogP contribution in [0.25, 0.3) is 33.3 Å². The number of aryl methyl sites for hydroxylation is 1. The number of hydrazine groups is 1. The maximum Gasteiger partial charge on any atom is 0.410 e. The number of benzene rings is 2. The molecule has 0 spiro atoms. The normalized spacial score (nSPS) is 20.3. The van der Waals surface area contributed by atoms with Gasteiger partial charge >= 0.3 is 12.1 Å². The molecule has 332 valence electrons. The van der Waals surface area contributed by atoms with Crippen LogP contribution in [0.5, 0.6) is 5.75 Å². The smallest absolute Gasteiger partial charge is 0.410 e. The van der Waals surface area contributed by atoms with Crippen molar-refractivity contribution in [1.29, 1.82) is 0 Å². The van der Waals surface area contributed by atoms with Crippen LogP contribution < -0.4 is 10.7 Å². The minimum Gasteiger partial charge on any atom is -0.508 e. The van der Waals surface area contributed by atoms with Crippen LogP contribution in [0.1, 0.15) is 64.2 Å². The number of likely N-dealkylation sites (N-methyl/N-ethyl adjacent to an activating group) is 2. The number of nitrogens with one attached hydrogen (secondary N) is 2. The number of amides is 3. The Bertz CT molecular complexity index is 2320. The zero-order valence-corrected chi connectivity index (χ0v) is 37.2. The molecular weight excluding hydrogens is 791 g/mol. The van der Waals surface area contributed by atoms with Crippen molar-refractivity contribution in [2.24, 2.45) is 11.3 Å². The molecule has 2 aromatic carbocycles. The molecule has 3 aliphatic rings. The summed E-state index contributed by atoms with van der Waals surface area (Å²) in [5, 5.41) is 16.6. The molecule has 2 aromatic heterocycles. The summed E-state index contributed by atoms with van der Waals surface area (Å²) in [5.74, 6) is -1.80. The first-order valence-corrected chi connectivity index (χ1v) is 21.6. The first-order chi connectivity index (χ1) is 29.6. The number of esters is 1. The fourth-order valence-electron chi connectivity index (χ4n) is 9.17. The Morgan fingerprint density at radius 1 is 1.11 bits per heavy atom. The van der Waals surface area contributed by atoms with Crippen LogP contribution in [0.4, 0.5) is 4.79 Å². The van der Waals surface area contributed by atoms with Crippen molar-refractivity contribution < 1.29 is 38.5 Å². The number of carbonyl (C=O) groups is 4. The fraction of sp³-hybridized carbons (Fsp3) is 0.511. The van der Waals surface area contributed by atoms with E-state index in [-0.39, 0.29) is 30.8 Å². The van der Waals surface area contributed by atoms with E-state index in [2.05, 4.69) is 53.2 Å². The van der Waals surface area contributed by atoms with E-state index in [1.807, 2.05) is 50.2 Å². The minimum absolute atomic E-state index is 0.000324. The summed E-state index contributed by atoms with van der Waals surface area (Å²) in [6, 6.07) is 10.5. The highest BCUT2D eigenvalue weighted by atomic mass is 16.6. The van der Waals surface area contributed by atoms with Gasteiger partial charge in [-0.2, -0.15) is 0 Å². The van der Waals surface area contributed by atoms with Gasteiger partial charge in [-0.05, 0) is 97.3 Å². The van der Waals surface area contributed by atoms with Crippen LogP contribution >= 0.6 is 0 Å². The van der Waals surface area contributed by atoms with Crippen LogP contribution in [-0.2, 0) is 54.6 Å². The van der Waals surface area contributed by atoms with Crippen molar-refractivity contribution in [1.82, 2.24) is 35.1 Å². The Morgan fingerprint density at radius 2 is 1.89 bits per heavy atom. The van der Waals surface area contributed by atoms with Gasteiger partial charge in [-0.15, -0.1) is 0 Å². The number of ether oxygens (including phenoxy) is 3. The molecule has 5 heterocycles. The molecule has 3 N–H and O–H groups in total. The van der Waals surface area contributed by atoms with Crippen LogP contribution in [-0.4, -0.2) is 125 Å². The highest BCUT2D eigenvalue weighted by Gasteiger charge is 2.39. The number of cyclic esters (lactones) is 1. The molecule has 3 aliphatic heterocycles. The Kier molecular flexibility index (Phi) is 13.3. The number of carbonyl (C=O) groups excluding carboxylic acids is 4. The zero-order chi connectivity index (χ0) is 44.5. The molecule has 7 rings (SSSR count). The van der Waals surface area contributed by atoms with E-state index in [0.29, 0.717) is 57.6 Å². The van der Waals surface area contributed by atoms with Gasteiger partial charge in [0.05, 0.1) is 18.9 Å². The van der Waals surface area contributed by atoms with E-state index < -0.39 is 47.4 Å². The molecule has 0 saturated carbocycles. The number of likely N-dealkylation sites (tertiary alicyclic amines) is 1. The average molecular weight is 852 g/mol. The molecule has 6 bridgehead atoms. The Hall–Kier alpha value is -5.51. The third-order valence-electron chi connectivity index (χ3n) is 12.2. The number of fused-ring (bicyclic) bond motifs is 6. The van der Waals surface area contributed by atoms with E-state index in [1.54, 1.807) is 25.4 Å². The van der Waals surface area contributed by atoms with Crippen LogP contribution in [0.15, 0.2) is 54.9 Å². The summed E-state index contributed by atoms with van der Waals surface area (Å²) in [6.07, 6.45) is 4.30. The number of nitrogens with zero attached hydrogens (tertiary/aromatic N) is 5. The maximum absolute atomic E-state index is 14.6. The number of hydrogen-bond donors (Lipinski definition) is 3. The largest absolute Gasteiger partial charge is 0.508 e. The van der Waals surface area contributed by atoms with Gasteiger partial charge in [0, 0.05) is 81.0 Å². The molecule has 0 unspecified atom stereocenters. The average Bonchev–Trinajstić information content (AvgIpc) is 3.52. The Morgan fingerprint density at radius 3 is 2.60 bits per heavy atom. The Balaban J connectivity index is 1.32. The van der Waals surface area contributed by atoms with Gasteiger partial charge < -0.3 is 29.2 Å². The first-order valence-electron chi connectivity index (χ1n) is 21.6. The summed E-state index contributed by atoms with van der Waals surface area (Å²) in [6.45, 7) is 12.6. The number of pyridine rings is 1. The standard InChI is InChI=1S/C47H61N7O8/c1-9-53-40-13-12-30-21-35(40)36(42(53)37-23-48-15-14-31(37)26-60-8)22-47(4,5)27-61-45(58)38-11-10-16-54(50-38)44(57)39(19-29-17-32(30)20-33(55)18-29)49-43(56)41(28(2)3)52(7)46(59)62-34-24-51(6)25-34/h12-15,17-18,20-21,23,28,34,38-39,41,50,55H,9-11,16,19,22,24-27H2,1-8H3,(H,49,56)/t38-,39-,41-/m0/s1. The second kappa shape index (κ2) is 18.5. The van der Waals surface area contributed by atoms with Gasteiger partial charge in [0.1, 0.15) is 30.0 Å². The van der Waals surface area contributed by atoms with Gasteiger partial charge in [-0.1, -0.05) is 39.8 Å². The molecular formula is C47H61N7O8. The number of aromatic nitrogens is 2. The quantitative estimate of drug-likeness (QED) is 0.187. The van der Waals surface area contributed by atoms with Gasteiger partial charge in [-0.25, -0.2) is 10.2 Å². The number of rotatable bonds is 9. The topological polar surface area (TPSA) is 168 Å². The minimum atomic E-state index is -1.14. The van der Waals surface area contributed by atoms with Crippen molar-refractivity contribution in [2.45, 2.75) is 97.7 Å². The van der Waals surface area contributed by atoms with Gasteiger partial charge in [-0.3, -0.25) is 34.2 Å². The molecule has 62 heavy (non-hydrogen) atoms. The third-order valence-corrected chi connectivity index (χ3v) is 12.2. The number of phenolic OH excluding ortho intramolecular Hbond substituents is 1. The Labute approximate surface area is 363 Å². The van der Waals surface area contributed by atoms with Crippen LogP contribution in [0, 0.1) is 11.3 Å². The van der Waals surface area contributed by atoms with Crippen LogP contribution in [0.2, 0.25) is 0 Å². The SMILES string of the molecule is CCn1c(-c2cnccc2COC)c2c3cc(ccc31)-c1cc(O)cc(c1)C[C@H](NC(=O)[C@H](C(C)C)N(C)C(=O)OC1CN(C)C1)C(=O)N1CCC[C@H](N1)C(=O)OCC(C)(C)C2. The van der Waals surface area contributed by atoms with Crippen molar-refractivity contribution >= 4 is 34.8 Å². The predicted octanol–water partition coefficient (Wildman–Crippen LogP) is 5.30. The molecule has 0 radical (unpaired) electrons. The van der Waals surface area contributed by atoms with Gasteiger partial charge in [0.2, 0.25) is 5.91 Å². The molecule has 15 nitrogen and oxygen atoms in total. The monoisotopic (exact) mass is 851 g/mol. The van der Waals surface area contributed by atoms with Gasteiger partial charge in [0.15, 0.2) is 0 Å². The molecule has 3 amide bonds. The summed E-state index contributed by atoms with van der Waals surface area (Å²) < 4.78 is 19.7. The molecule has 2 saturated heterocycles. The molecule has 3 atom stereocenters. The summed E-state index contributed by atoms with van der Waals surface area (Å²) in [7, 11) is 5.14. The highest BCUT2D eigenvalue weighted by molar-refractivity contribution is 5.96. The van der Waals surface area contributed by atoms with E-state index in [4.69, 9.17) is 14.2 Å². The third kappa shape index (κ3) is 9.44. The lowest BCUT2D eigenvalue weighted by atomic mass is 9.84. The maximum atomic E-state index is 14.6. The molecule has 15 heteroatoms. The fourth-order valence-corrected chi connectivity index (χ4v) is 9.17. The lowest BCUT2D eigenvalue weighted by molar-refractivity contribution is -0.155. The predicted molar refractivity (Wildman–Crippen MR) is 235 cm³/mol. The summed E-state index contributed by atoms with van der Waals surface area (Å²) in [4.78, 5) is 63.8. The molecule has 2 fully saturated rings. The van der Waals surface area contributed by atoms with E-state index in [1.165, 1.54) is 17.0 Å². The first kappa shape index (κ1) is 44.5. The van der Waals surface area contributed by atoms with Crippen LogP contribution in [0.3, 0.4) is 0 Å².